The lowest BCUT2D eigenvalue weighted by Gasteiger charge is -2.35. The highest BCUT2D eigenvalue weighted by molar-refractivity contribution is 7.89. The summed E-state index contributed by atoms with van der Waals surface area (Å²) in [5.74, 6) is -0.418. The van der Waals surface area contributed by atoms with E-state index < -0.39 is 15.8 Å². The van der Waals surface area contributed by atoms with Crippen molar-refractivity contribution in [1.82, 2.24) is 9.62 Å². The number of hydrogen-bond donors (Lipinski definition) is 1. The monoisotopic (exact) mass is 286 g/mol. The SMILES string of the molecule is Cc1cc(F)ccc1S(=O)(=O)N1C[C@@H](C)N[C@H](C)C1. The average Bonchev–Trinajstić information content (AvgIpc) is 2.26. The zero-order chi connectivity index (χ0) is 14.2. The molecule has 2 rings (SSSR count). The van der Waals surface area contributed by atoms with Gasteiger partial charge in [-0.15, -0.1) is 0 Å². The second-order valence-corrected chi connectivity index (χ2v) is 7.11. The van der Waals surface area contributed by atoms with Gasteiger partial charge >= 0.3 is 0 Å². The normalized spacial score (nSPS) is 25.5. The van der Waals surface area contributed by atoms with Gasteiger partial charge < -0.3 is 5.32 Å². The van der Waals surface area contributed by atoms with Gasteiger partial charge in [-0.3, -0.25) is 0 Å². The fourth-order valence-corrected chi connectivity index (χ4v) is 4.34. The zero-order valence-corrected chi connectivity index (χ0v) is 12.2. The van der Waals surface area contributed by atoms with Crippen LogP contribution < -0.4 is 5.32 Å². The highest BCUT2D eigenvalue weighted by Gasteiger charge is 2.32. The summed E-state index contributed by atoms with van der Waals surface area (Å²) in [4.78, 5) is 0.190. The van der Waals surface area contributed by atoms with Crippen LogP contribution in [0.2, 0.25) is 0 Å². The Hall–Kier alpha value is -0.980. The standard InChI is InChI=1S/C13H19FN2O2S/c1-9-6-12(14)4-5-13(9)19(17,18)16-7-10(2)15-11(3)8-16/h4-6,10-11,15H,7-8H2,1-3H3/t10-,11-/m1/s1. The molecule has 1 aromatic rings. The molecule has 1 N–H and O–H groups in total. The van der Waals surface area contributed by atoms with E-state index in [0.29, 0.717) is 18.7 Å². The molecule has 6 heteroatoms. The number of sulfonamides is 1. The predicted molar refractivity (Wildman–Crippen MR) is 72.0 cm³/mol. The van der Waals surface area contributed by atoms with E-state index in [4.69, 9.17) is 0 Å². The van der Waals surface area contributed by atoms with Crippen molar-refractivity contribution in [1.29, 1.82) is 0 Å². The molecule has 0 aromatic heterocycles. The first-order chi connectivity index (χ1) is 8.80. The van der Waals surface area contributed by atoms with Gasteiger partial charge in [0.2, 0.25) is 10.0 Å². The van der Waals surface area contributed by atoms with Crippen molar-refractivity contribution in [3.8, 4) is 0 Å². The number of nitrogens with one attached hydrogen (secondary N) is 1. The van der Waals surface area contributed by atoms with E-state index in [2.05, 4.69) is 5.32 Å². The van der Waals surface area contributed by atoms with Crippen molar-refractivity contribution in [3.63, 3.8) is 0 Å². The molecule has 1 aliphatic rings. The number of piperazine rings is 1. The number of hydrogen-bond acceptors (Lipinski definition) is 3. The fraction of sp³-hybridized carbons (Fsp3) is 0.538. The smallest absolute Gasteiger partial charge is 0.243 e. The third-order valence-corrected chi connectivity index (χ3v) is 5.27. The molecule has 1 fully saturated rings. The van der Waals surface area contributed by atoms with Crippen LogP contribution in [0.4, 0.5) is 4.39 Å². The molecule has 4 nitrogen and oxygen atoms in total. The topological polar surface area (TPSA) is 49.4 Å². The molecule has 0 amide bonds. The van der Waals surface area contributed by atoms with Crippen LogP contribution in [-0.2, 0) is 10.0 Å². The molecule has 0 unspecified atom stereocenters. The fourth-order valence-electron chi connectivity index (χ4n) is 2.51. The minimum absolute atomic E-state index is 0.110. The van der Waals surface area contributed by atoms with Crippen LogP contribution in [0.1, 0.15) is 19.4 Å². The van der Waals surface area contributed by atoms with Crippen LogP contribution in [0.25, 0.3) is 0 Å². The Labute approximate surface area is 113 Å². The third-order valence-electron chi connectivity index (χ3n) is 3.28. The van der Waals surface area contributed by atoms with E-state index in [9.17, 15) is 12.8 Å². The van der Waals surface area contributed by atoms with Crippen molar-refractivity contribution in [3.05, 3.63) is 29.6 Å². The van der Waals surface area contributed by atoms with Crippen LogP contribution in [0, 0.1) is 12.7 Å². The van der Waals surface area contributed by atoms with Crippen molar-refractivity contribution >= 4 is 10.0 Å². The quantitative estimate of drug-likeness (QED) is 0.896. The van der Waals surface area contributed by atoms with Gasteiger partial charge in [0, 0.05) is 25.2 Å². The molecule has 0 radical (unpaired) electrons. The van der Waals surface area contributed by atoms with Gasteiger partial charge in [0.1, 0.15) is 5.82 Å². The van der Waals surface area contributed by atoms with Crippen LogP contribution in [0.15, 0.2) is 23.1 Å². The molecule has 1 saturated heterocycles. The van der Waals surface area contributed by atoms with E-state index in [0.717, 1.165) is 0 Å². The largest absolute Gasteiger partial charge is 0.309 e. The van der Waals surface area contributed by atoms with Gasteiger partial charge in [-0.2, -0.15) is 4.31 Å². The van der Waals surface area contributed by atoms with E-state index in [1.165, 1.54) is 22.5 Å². The Morgan fingerprint density at radius 1 is 1.26 bits per heavy atom. The maximum atomic E-state index is 13.1. The molecule has 2 atom stereocenters. The molecule has 19 heavy (non-hydrogen) atoms. The van der Waals surface area contributed by atoms with Crippen molar-refractivity contribution in [2.75, 3.05) is 13.1 Å². The minimum Gasteiger partial charge on any atom is -0.309 e. The molecule has 0 saturated carbocycles. The van der Waals surface area contributed by atoms with Crippen LogP contribution >= 0.6 is 0 Å². The molecule has 0 bridgehead atoms. The first-order valence-corrected chi connectivity index (χ1v) is 7.77. The molecule has 0 spiro atoms. The second kappa shape index (κ2) is 5.19. The Morgan fingerprint density at radius 2 is 1.84 bits per heavy atom. The molecule has 1 aromatic carbocycles. The summed E-state index contributed by atoms with van der Waals surface area (Å²) in [5, 5.41) is 3.29. The van der Waals surface area contributed by atoms with E-state index in [-0.39, 0.29) is 17.0 Å². The van der Waals surface area contributed by atoms with Crippen LogP contribution in [0.5, 0.6) is 0 Å². The van der Waals surface area contributed by atoms with Crippen molar-refractivity contribution in [2.45, 2.75) is 37.8 Å². The van der Waals surface area contributed by atoms with E-state index >= 15 is 0 Å². The van der Waals surface area contributed by atoms with Crippen LogP contribution in [0.3, 0.4) is 0 Å². The van der Waals surface area contributed by atoms with Gasteiger partial charge in [-0.1, -0.05) is 0 Å². The summed E-state index contributed by atoms with van der Waals surface area (Å²) < 4.78 is 39.7. The maximum Gasteiger partial charge on any atom is 0.243 e. The molecule has 0 aliphatic carbocycles. The van der Waals surface area contributed by atoms with Gasteiger partial charge in [-0.25, -0.2) is 12.8 Å². The summed E-state index contributed by atoms with van der Waals surface area (Å²) >= 11 is 0. The zero-order valence-electron chi connectivity index (χ0n) is 11.4. The summed E-state index contributed by atoms with van der Waals surface area (Å²) in [7, 11) is -3.55. The number of rotatable bonds is 2. The molecular weight excluding hydrogens is 267 g/mol. The third kappa shape index (κ3) is 2.96. The molecule has 1 aliphatic heterocycles. The van der Waals surface area contributed by atoms with Crippen molar-refractivity contribution in [2.24, 2.45) is 0 Å². The first-order valence-electron chi connectivity index (χ1n) is 6.33. The number of halogens is 1. The van der Waals surface area contributed by atoms with Crippen molar-refractivity contribution < 1.29 is 12.8 Å². The predicted octanol–water partition coefficient (Wildman–Crippen LogP) is 1.51. The lowest BCUT2D eigenvalue weighted by Crippen LogP contribution is -2.55. The highest BCUT2D eigenvalue weighted by Crippen LogP contribution is 2.22. The Balaban J connectivity index is 2.36. The lowest BCUT2D eigenvalue weighted by atomic mass is 10.2. The number of aryl methyl sites for hydroxylation is 1. The highest BCUT2D eigenvalue weighted by atomic mass is 32.2. The Bertz CT molecular complexity index is 564. The molecule has 106 valence electrons. The number of nitrogens with zero attached hydrogens (tertiary/aromatic N) is 1. The van der Waals surface area contributed by atoms with Gasteiger partial charge in [-0.05, 0) is 44.5 Å². The minimum atomic E-state index is -3.55. The summed E-state index contributed by atoms with van der Waals surface area (Å²) in [6.07, 6.45) is 0. The second-order valence-electron chi connectivity index (χ2n) is 5.20. The van der Waals surface area contributed by atoms with E-state index in [1.54, 1.807) is 6.92 Å². The van der Waals surface area contributed by atoms with Crippen LogP contribution in [-0.4, -0.2) is 37.9 Å². The van der Waals surface area contributed by atoms with E-state index in [1.807, 2.05) is 13.8 Å². The number of benzene rings is 1. The molecular formula is C13H19FN2O2S. The lowest BCUT2D eigenvalue weighted by molar-refractivity contribution is 0.263. The van der Waals surface area contributed by atoms with Gasteiger partial charge in [0.25, 0.3) is 0 Å². The Kier molecular flexibility index (Phi) is 3.94. The maximum absolute atomic E-state index is 13.1. The first kappa shape index (κ1) is 14.4. The Morgan fingerprint density at radius 3 is 2.37 bits per heavy atom. The summed E-state index contributed by atoms with van der Waals surface area (Å²) in [5.41, 5.74) is 0.443. The average molecular weight is 286 g/mol. The van der Waals surface area contributed by atoms with Gasteiger partial charge in [0.05, 0.1) is 4.90 Å². The summed E-state index contributed by atoms with van der Waals surface area (Å²) in [6.45, 7) is 6.39. The summed E-state index contributed by atoms with van der Waals surface area (Å²) in [6, 6.07) is 4.01. The van der Waals surface area contributed by atoms with Gasteiger partial charge in [0.15, 0.2) is 0 Å². The molecule has 1 heterocycles.